The highest BCUT2D eigenvalue weighted by molar-refractivity contribution is 5.05. The van der Waals surface area contributed by atoms with Crippen molar-refractivity contribution in [3.05, 3.63) is 23.8 Å². The van der Waals surface area contributed by atoms with E-state index in [0.717, 1.165) is 44.7 Å². The van der Waals surface area contributed by atoms with Gasteiger partial charge in [0, 0.05) is 44.1 Å². The molecule has 1 unspecified atom stereocenters. The van der Waals surface area contributed by atoms with E-state index in [0.29, 0.717) is 12.5 Å². The average Bonchev–Trinajstić information content (AvgIpc) is 2.80. The summed E-state index contributed by atoms with van der Waals surface area (Å²) in [5.41, 5.74) is 1.17. The second kappa shape index (κ2) is 6.07. The predicted molar refractivity (Wildman–Crippen MR) is 66.5 cm³/mol. The highest BCUT2D eigenvalue weighted by Gasteiger charge is 2.21. The zero-order chi connectivity index (χ0) is 12.1. The minimum absolute atomic E-state index is 0.308. The maximum Gasteiger partial charge on any atom is 0.128 e. The van der Waals surface area contributed by atoms with Gasteiger partial charge in [0.05, 0.1) is 0 Å². The van der Waals surface area contributed by atoms with Crippen LogP contribution < -0.4 is 0 Å². The van der Waals surface area contributed by atoms with Crippen molar-refractivity contribution in [1.82, 2.24) is 14.9 Å². The van der Waals surface area contributed by atoms with Crippen molar-refractivity contribution < 1.29 is 5.11 Å². The normalized spacial score (nSPS) is 20.9. The third kappa shape index (κ3) is 3.48. The van der Waals surface area contributed by atoms with Gasteiger partial charge in [-0.25, -0.2) is 9.97 Å². The average molecular weight is 235 g/mol. The molecule has 1 saturated heterocycles. The first-order chi connectivity index (χ1) is 8.31. The van der Waals surface area contributed by atoms with Crippen LogP contribution in [-0.2, 0) is 13.0 Å². The molecule has 1 aliphatic rings. The Balaban J connectivity index is 1.86. The molecule has 1 aliphatic heterocycles. The fourth-order valence-corrected chi connectivity index (χ4v) is 2.28. The molecule has 0 aliphatic carbocycles. The topological polar surface area (TPSA) is 49.2 Å². The van der Waals surface area contributed by atoms with Crippen LogP contribution in [0.5, 0.6) is 0 Å². The van der Waals surface area contributed by atoms with Crippen LogP contribution in [0.1, 0.15) is 31.2 Å². The molecule has 0 aromatic carbocycles. The van der Waals surface area contributed by atoms with Crippen molar-refractivity contribution in [2.45, 2.75) is 32.7 Å². The number of aryl methyl sites for hydroxylation is 1. The first-order valence-corrected chi connectivity index (χ1v) is 6.44. The van der Waals surface area contributed by atoms with Crippen molar-refractivity contribution in [2.24, 2.45) is 5.92 Å². The number of hydrogen-bond acceptors (Lipinski definition) is 4. The largest absolute Gasteiger partial charge is 0.396 e. The predicted octanol–water partition coefficient (Wildman–Crippen LogP) is 1.24. The van der Waals surface area contributed by atoms with Crippen molar-refractivity contribution in [1.29, 1.82) is 0 Å². The van der Waals surface area contributed by atoms with E-state index >= 15 is 0 Å². The maximum absolute atomic E-state index is 9.09. The number of aliphatic hydroxyl groups is 1. The van der Waals surface area contributed by atoms with E-state index in [4.69, 9.17) is 5.11 Å². The molecule has 2 rings (SSSR count). The highest BCUT2D eigenvalue weighted by atomic mass is 16.3. The van der Waals surface area contributed by atoms with E-state index < -0.39 is 0 Å². The Bertz CT molecular complexity index is 339. The molecule has 0 amide bonds. The molecule has 1 aromatic heterocycles. The Morgan fingerprint density at radius 2 is 2.18 bits per heavy atom. The van der Waals surface area contributed by atoms with Crippen LogP contribution in [0.25, 0.3) is 0 Å². The van der Waals surface area contributed by atoms with Gasteiger partial charge in [-0.2, -0.15) is 0 Å². The molecule has 2 heterocycles. The molecule has 0 radical (unpaired) electrons. The van der Waals surface area contributed by atoms with Gasteiger partial charge in [-0.3, -0.25) is 4.90 Å². The number of likely N-dealkylation sites (tertiary alicyclic amines) is 1. The third-order valence-electron chi connectivity index (χ3n) is 3.27. The van der Waals surface area contributed by atoms with Gasteiger partial charge in [0.2, 0.25) is 0 Å². The second-order valence-corrected chi connectivity index (χ2v) is 4.83. The molecule has 0 spiro atoms. The molecule has 0 bridgehead atoms. The van der Waals surface area contributed by atoms with Gasteiger partial charge < -0.3 is 5.11 Å². The quantitative estimate of drug-likeness (QED) is 0.834. The lowest BCUT2D eigenvalue weighted by Gasteiger charge is -2.15. The number of aromatic nitrogens is 2. The Morgan fingerprint density at radius 3 is 2.76 bits per heavy atom. The van der Waals surface area contributed by atoms with Crippen LogP contribution in [0, 0.1) is 5.92 Å². The lowest BCUT2D eigenvalue weighted by Crippen LogP contribution is -2.21. The van der Waals surface area contributed by atoms with Crippen molar-refractivity contribution >= 4 is 0 Å². The summed E-state index contributed by atoms with van der Waals surface area (Å²) in [7, 11) is 0. The minimum Gasteiger partial charge on any atom is -0.396 e. The monoisotopic (exact) mass is 235 g/mol. The molecule has 1 N–H and O–H groups in total. The van der Waals surface area contributed by atoms with Gasteiger partial charge in [-0.15, -0.1) is 0 Å². The van der Waals surface area contributed by atoms with Crippen LogP contribution in [-0.4, -0.2) is 39.7 Å². The van der Waals surface area contributed by atoms with Crippen LogP contribution in [0.2, 0.25) is 0 Å². The SMILES string of the molecule is CCCc1ncc(CN2CCC(CO)C2)cn1. The summed E-state index contributed by atoms with van der Waals surface area (Å²) < 4.78 is 0. The van der Waals surface area contributed by atoms with E-state index in [1.165, 1.54) is 5.56 Å². The first-order valence-electron chi connectivity index (χ1n) is 6.44. The minimum atomic E-state index is 0.308. The van der Waals surface area contributed by atoms with Crippen LogP contribution in [0.3, 0.4) is 0 Å². The summed E-state index contributed by atoms with van der Waals surface area (Å²) in [4.78, 5) is 11.1. The Morgan fingerprint density at radius 1 is 1.41 bits per heavy atom. The molecular formula is C13H21N3O. The first kappa shape index (κ1) is 12.5. The van der Waals surface area contributed by atoms with Gasteiger partial charge in [0.1, 0.15) is 5.82 Å². The van der Waals surface area contributed by atoms with Crippen molar-refractivity contribution in [3.63, 3.8) is 0 Å². The van der Waals surface area contributed by atoms with E-state index in [9.17, 15) is 0 Å². The van der Waals surface area contributed by atoms with Gasteiger partial charge in [0.15, 0.2) is 0 Å². The van der Waals surface area contributed by atoms with Crippen molar-refractivity contribution in [2.75, 3.05) is 19.7 Å². The molecule has 1 aromatic rings. The van der Waals surface area contributed by atoms with Crippen LogP contribution >= 0.6 is 0 Å². The summed E-state index contributed by atoms with van der Waals surface area (Å²) >= 11 is 0. The van der Waals surface area contributed by atoms with Gasteiger partial charge in [0.25, 0.3) is 0 Å². The maximum atomic E-state index is 9.09. The fraction of sp³-hybridized carbons (Fsp3) is 0.692. The number of nitrogens with zero attached hydrogens (tertiary/aromatic N) is 3. The number of hydrogen-bond donors (Lipinski definition) is 1. The second-order valence-electron chi connectivity index (χ2n) is 4.83. The van der Waals surface area contributed by atoms with E-state index in [-0.39, 0.29) is 0 Å². The molecule has 4 heteroatoms. The van der Waals surface area contributed by atoms with Crippen LogP contribution in [0.15, 0.2) is 12.4 Å². The Labute approximate surface area is 103 Å². The van der Waals surface area contributed by atoms with Gasteiger partial charge >= 0.3 is 0 Å². The molecule has 17 heavy (non-hydrogen) atoms. The summed E-state index contributed by atoms with van der Waals surface area (Å²) in [5.74, 6) is 1.39. The summed E-state index contributed by atoms with van der Waals surface area (Å²) in [5, 5.41) is 9.09. The standard InChI is InChI=1S/C13H21N3O/c1-2-3-13-14-6-12(7-15-13)9-16-5-4-11(8-16)10-17/h6-7,11,17H,2-5,8-10H2,1H3. The van der Waals surface area contributed by atoms with Crippen molar-refractivity contribution in [3.8, 4) is 0 Å². The lowest BCUT2D eigenvalue weighted by molar-refractivity contribution is 0.220. The Kier molecular flexibility index (Phi) is 4.45. The molecule has 94 valence electrons. The van der Waals surface area contributed by atoms with E-state index in [1.807, 2.05) is 12.4 Å². The molecular weight excluding hydrogens is 214 g/mol. The molecule has 1 atom stereocenters. The van der Waals surface area contributed by atoms with Crippen LogP contribution in [0.4, 0.5) is 0 Å². The highest BCUT2D eigenvalue weighted by Crippen LogP contribution is 2.17. The van der Waals surface area contributed by atoms with Gasteiger partial charge in [-0.05, 0) is 25.3 Å². The summed E-state index contributed by atoms with van der Waals surface area (Å²) in [6.45, 7) is 5.41. The third-order valence-corrected chi connectivity index (χ3v) is 3.27. The smallest absolute Gasteiger partial charge is 0.128 e. The fourth-order valence-electron chi connectivity index (χ4n) is 2.28. The number of aliphatic hydroxyl groups excluding tert-OH is 1. The molecule has 4 nitrogen and oxygen atoms in total. The Hall–Kier alpha value is -1.00. The summed E-state index contributed by atoms with van der Waals surface area (Å²) in [6, 6.07) is 0. The van der Waals surface area contributed by atoms with E-state index in [1.54, 1.807) is 0 Å². The van der Waals surface area contributed by atoms with E-state index in [2.05, 4.69) is 21.8 Å². The zero-order valence-corrected chi connectivity index (χ0v) is 10.5. The lowest BCUT2D eigenvalue weighted by atomic mass is 10.1. The van der Waals surface area contributed by atoms with Gasteiger partial charge in [-0.1, -0.05) is 6.92 Å². The molecule has 1 fully saturated rings. The molecule has 0 saturated carbocycles. The number of rotatable bonds is 5. The zero-order valence-electron chi connectivity index (χ0n) is 10.5. The summed E-state index contributed by atoms with van der Waals surface area (Å²) in [6.07, 6.45) is 7.01.